The van der Waals surface area contributed by atoms with Crippen molar-refractivity contribution in [3.8, 4) is 0 Å². The van der Waals surface area contributed by atoms with Crippen molar-refractivity contribution in [3.63, 3.8) is 0 Å². The summed E-state index contributed by atoms with van der Waals surface area (Å²) in [6, 6.07) is 5.74. The Balaban J connectivity index is 2.69. The SMILES string of the molecule is C=[n+]1ccccc1=C1[N-]N=NN1C. The number of pyridine rings is 1. The minimum atomic E-state index is 0.704. The molecule has 0 saturated carbocycles. The van der Waals surface area contributed by atoms with Gasteiger partial charge in [0.15, 0.2) is 6.20 Å². The highest BCUT2D eigenvalue weighted by Gasteiger charge is 2.04. The zero-order valence-corrected chi connectivity index (χ0v) is 7.25. The number of hydrogen-bond donors (Lipinski definition) is 0. The Hall–Kier alpha value is -1.91. The van der Waals surface area contributed by atoms with Crippen LogP contribution in [0.25, 0.3) is 11.2 Å². The first kappa shape index (κ1) is 7.72. The van der Waals surface area contributed by atoms with Gasteiger partial charge < -0.3 is 5.01 Å². The normalized spacial score (nSPS) is 19.0. The predicted molar refractivity (Wildman–Crippen MR) is 46.4 cm³/mol. The standard InChI is InChI=1S/C8H9N5/c1-12-6-4-3-5-7(12)8-9-10-11-13(8)2/h3-6H,1H2,2H3. The zero-order valence-electron chi connectivity index (χ0n) is 7.25. The summed E-state index contributed by atoms with van der Waals surface area (Å²) in [7, 11) is 1.79. The molecule has 1 aliphatic heterocycles. The van der Waals surface area contributed by atoms with Crippen LogP contribution >= 0.6 is 0 Å². The van der Waals surface area contributed by atoms with Crippen LogP contribution in [0.15, 0.2) is 34.8 Å². The van der Waals surface area contributed by atoms with Crippen LogP contribution in [0.3, 0.4) is 0 Å². The summed E-state index contributed by atoms with van der Waals surface area (Å²) >= 11 is 0. The molecule has 0 saturated heterocycles. The summed E-state index contributed by atoms with van der Waals surface area (Å²) < 4.78 is 1.73. The van der Waals surface area contributed by atoms with E-state index in [9.17, 15) is 0 Å². The van der Waals surface area contributed by atoms with Gasteiger partial charge in [-0.2, -0.15) is 9.47 Å². The molecule has 0 unspecified atom stereocenters. The quantitative estimate of drug-likeness (QED) is 0.522. The minimum absolute atomic E-state index is 0.704. The van der Waals surface area contributed by atoms with Crippen LogP contribution in [-0.2, 0) is 0 Å². The van der Waals surface area contributed by atoms with E-state index in [1.165, 1.54) is 0 Å². The molecule has 0 N–H and O–H groups in total. The van der Waals surface area contributed by atoms with Gasteiger partial charge in [0.2, 0.25) is 5.35 Å². The van der Waals surface area contributed by atoms with Crippen molar-refractivity contribution in [2.24, 2.45) is 10.4 Å². The highest BCUT2D eigenvalue weighted by atomic mass is 15.7. The summed E-state index contributed by atoms with van der Waals surface area (Å²) in [5.74, 6) is 0.704. The van der Waals surface area contributed by atoms with Crippen molar-refractivity contribution >= 4 is 5.82 Å². The molecule has 0 bridgehead atoms. The van der Waals surface area contributed by atoms with E-state index in [1.807, 2.05) is 24.4 Å². The Morgan fingerprint density at radius 3 is 3.00 bits per heavy atom. The number of nitrogens with zero attached hydrogens (tertiary/aromatic N) is 5. The van der Waals surface area contributed by atoms with Crippen molar-refractivity contribution in [3.05, 3.63) is 41.9 Å². The topological polar surface area (TPSA) is 48.0 Å². The van der Waals surface area contributed by atoms with Gasteiger partial charge in [-0.25, -0.2) is 0 Å². The molecule has 1 aromatic heterocycles. The van der Waals surface area contributed by atoms with Crippen molar-refractivity contribution < 1.29 is 4.24 Å². The average Bonchev–Trinajstić information content (AvgIpc) is 2.52. The smallest absolute Gasteiger partial charge is 0.223 e. The Morgan fingerprint density at radius 1 is 1.54 bits per heavy atom. The van der Waals surface area contributed by atoms with Crippen LogP contribution in [0.4, 0.5) is 0 Å². The Bertz CT molecular complexity index is 450. The third kappa shape index (κ3) is 1.24. The predicted octanol–water partition coefficient (Wildman–Crippen LogP) is 0.281. The van der Waals surface area contributed by atoms with Crippen molar-refractivity contribution in [2.75, 3.05) is 7.05 Å². The lowest BCUT2D eigenvalue weighted by molar-refractivity contribution is -0.514. The van der Waals surface area contributed by atoms with Gasteiger partial charge in [0, 0.05) is 12.1 Å². The van der Waals surface area contributed by atoms with Gasteiger partial charge >= 0.3 is 0 Å². The van der Waals surface area contributed by atoms with Gasteiger partial charge in [0.05, 0.1) is 5.82 Å². The zero-order chi connectivity index (χ0) is 9.26. The Kier molecular flexibility index (Phi) is 1.70. The van der Waals surface area contributed by atoms with Crippen LogP contribution in [0.5, 0.6) is 0 Å². The second-order valence-corrected chi connectivity index (χ2v) is 2.68. The summed E-state index contributed by atoms with van der Waals surface area (Å²) in [6.07, 6.45) is 1.85. The van der Waals surface area contributed by atoms with E-state index < -0.39 is 0 Å². The van der Waals surface area contributed by atoms with Crippen molar-refractivity contribution in [1.29, 1.82) is 0 Å². The highest BCUT2D eigenvalue weighted by molar-refractivity contribution is 5.50. The fraction of sp³-hybridized carbons (Fsp3) is 0.125. The Labute approximate surface area is 75.3 Å². The molecule has 1 aliphatic rings. The van der Waals surface area contributed by atoms with E-state index >= 15 is 0 Å². The molecule has 13 heavy (non-hydrogen) atoms. The molecule has 0 fully saturated rings. The number of rotatable bonds is 0. The summed E-state index contributed by atoms with van der Waals surface area (Å²) in [6.45, 7) is 3.83. The largest absolute Gasteiger partial charge is 0.371 e. The molecular weight excluding hydrogens is 166 g/mol. The molecule has 2 heterocycles. The lowest BCUT2D eigenvalue weighted by Crippen LogP contribution is -2.38. The first-order valence-corrected chi connectivity index (χ1v) is 3.83. The molecule has 2 rings (SSSR count). The number of hydrogen-bond acceptors (Lipinski definition) is 3. The van der Waals surface area contributed by atoms with E-state index in [0.717, 1.165) is 5.35 Å². The molecule has 0 atom stereocenters. The van der Waals surface area contributed by atoms with Gasteiger partial charge in [-0.3, -0.25) is 10.6 Å². The summed E-state index contributed by atoms with van der Waals surface area (Å²) in [4.78, 5) is 0. The first-order valence-electron chi connectivity index (χ1n) is 3.83. The molecule has 0 aliphatic carbocycles. The van der Waals surface area contributed by atoms with Crippen LogP contribution < -0.4 is 9.59 Å². The summed E-state index contributed by atoms with van der Waals surface area (Å²) in [5, 5.41) is 9.80. The van der Waals surface area contributed by atoms with Gasteiger partial charge in [0.25, 0.3) is 0 Å². The van der Waals surface area contributed by atoms with Crippen LogP contribution in [-0.4, -0.2) is 12.1 Å². The fourth-order valence-electron chi connectivity index (χ4n) is 1.13. The maximum absolute atomic E-state index is 3.89. The summed E-state index contributed by atoms with van der Waals surface area (Å²) in [5.41, 5.74) is 3.89. The van der Waals surface area contributed by atoms with Crippen LogP contribution in [0.2, 0.25) is 0 Å². The maximum Gasteiger partial charge on any atom is 0.223 e. The average molecular weight is 175 g/mol. The minimum Gasteiger partial charge on any atom is -0.371 e. The lowest BCUT2D eigenvalue weighted by Gasteiger charge is -2.13. The second kappa shape index (κ2) is 2.85. The highest BCUT2D eigenvalue weighted by Crippen LogP contribution is 2.17. The van der Waals surface area contributed by atoms with E-state index in [2.05, 4.69) is 22.6 Å². The van der Waals surface area contributed by atoms with E-state index in [0.29, 0.717) is 5.82 Å². The maximum atomic E-state index is 3.89. The number of aromatic nitrogens is 1. The van der Waals surface area contributed by atoms with Crippen LogP contribution in [0, 0.1) is 6.72 Å². The van der Waals surface area contributed by atoms with Gasteiger partial charge in [-0.15, -0.1) is 0 Å². The first-order chi connectivity index (χ1) is 6.29. The molecule has 1 aromatic rings. The van der Waals surface area contributed by atoms with Gasteiger partial charge in [-0.1, -0.05) is 0 Å². The molecule has 0 radical (unpaired) electrons. The molecule has 66 valence electrons. The van der Waals surface area contributed by atoms with Gasteiger partial charge in [0.1, 0.15) is 6.72 Å². The molecule has 0 aromatic carbocycles. The molecular formula is C8H9N5. The molecule has 0 spiro atoms. The molecule has 5 nitrogen and oxygen atoms in total. The van der Waals surface area contributed by atoms with Crippen molar-refractivity contribution in [1.82, 2.24) is 5.01 Å². The molecule has 0 amide bonds. The van der Waals surface area contributed by atoms with E-state index in [4.69, 9.17) is 0 Å². The fourth-order valence-corrected chi connectivity index (χ4v) is 1.13. The molecule has 5 heteroatoms. The Morgan fingerprint density at radius 2 is 2.38 bits per heavy atom. The van der Waals surface area contributed by atoms with E-state index in [1.54, 1.807) is 16.3 Å². The van der Waals surface area contributed by atoms with Crippen molar-refractivity contribution in [2.45, 2.75) is 0 Å². The third-order valence-electron chi connectivity index (χ3n) is 1.79. The third-order valence-corrected chi connectivity index (χ3v) is 1.79. The van der Waals surface area contributed by atoms with Crippen LogP contribution in [0.1, 0.15) is 0 Å². The monoisotopic (exact) mass is 175 g/mol. The second-order valence-electron chi connectivity index (χ2n) is 2.68. The lowest BCUT2D eigenvalue weighted by atomic mass is 10.4. The van der Waals surface area contributed by atoms with Gasteiger partial charge in [-0.05, 0) is 13.1 Å². The van der Waals surface area contributed by atoms with E-state index in [-0.39, 0.29) is 0 Å².